The quantitative estimate of drug-likeness (QED) is 0.112. The SMILES string of the molecule is [2H]c1c([2H])c2c(c([2H])c1-c1cc(C34CC(C)(C3)C4)cc(-c3c([2H])c([2H])c4c(c3[2H])C(C([2H])([2H])[2H])(C([2H])([2H])[2H])C([2H])([2H])C([2H])([2H])C4(C([2H])([2H])[2H])C([2H])([2H])[2H])c1-[n+]1[c-]n(-c3cccc(Oc4ccc5c6ccccc6n(-c6cc(C(C)(C)C)ccn6)c5c4)c3)c3ccccc31)C(C([2H])([2H])[2H])(C([2H])([2H])[2H])C([2H])([2H])C([2H])([2H])C2(C([2H])([2H])[2H])C([2H])([2H])[2H]. The zero-order valence-corrected chi connectivity index (χ0v) is 43.4. The molecule has 5 aliphatic carbocycles. The lowest BCUT2D eigenvalue weighted by Gasteiger charge is -2.70. The fraction of sp³-hybridized carbons (Fsp3) is 0.351. The second kappa shape index (κ2) is 16.9. The highest BCUT2D eigenvalue weighted by Gasteiger charge is 2.65. The van der Waals surface area contributed by atoms with E-state index in [1.165, 1.54) is 47.0 Å². The number of hydrogen-bond donors (Lipinski definition) is 0. The summed E-state index contributed by atoms with van der Waals surface area (Å²) < 4.78 is 370. The number of para-hydroxylation sites is 3. The van der Waals surface area contributed by atoms with E-state index in [0.29, 0.717) is 17.1 Å². The molecular formula is C74H76N4O. The Bertz CT molecular complexity index is 5590. The van der Waals surface area contributed by atoms with Gasteiger partial charge in [-0.05, 0) is 187 Å². The van der Waals surface area contributed by atoms with E-state index in [1.807, 2.05) is 54.0 Å². The van der Waals surface area contributed by atoms with Crippen molar-refractivity contribution < 1.29 is 61.4 Å². The molecule has 0 atom stereocenters. The molecule has 2 bridgehead atoms. The fourth-order valence-electron chi connectivity index (χ4n) is 12.5. The zero-order valence-electron chi connectivity index (χ0n) is 81.4. The molecule has 0 radical (unpaired) electrons. The van der Waals surface area contributed by atoms with Crippen LogP contribution in [-0.4, -0.2) is 14.1 Å². The number of benzene rings is 7. The van der Waals surface area contributed by atoms with Gasteiger partial charge >= 0.3 is 0 Å². The molecule has 3 fully saturated rings. The second-order valence-corrected chi connectivity index (χ2v) is 23.1. The summed E-state index contributed by atoms with van der Waals surface area (Å²) in [5, 5.41) is 1.72. The summed E-state index contributed by atoms with van der Waals surface area (Å²) in [5.41, 5.74) is -30.5. The van der Waals surface area contributed by atoms with E-state index in [9.17, 15) is 35.6 Å². The first-order valence-corrected chi connectivity index (χ1v) is 25.8. The standard InChI is InChI=1S/C74H76N4O/c1-68(2,3)49-30-35-75-66(40-49)78-62-21-14-13-20-54(62)55-27-26-53(42-65(55)78)79-52-19-17-18-51(41-52)76-46-77(64-23-16-15-22-63(64)76)67-56(47-24-28-58-60(36-47)71(8,9)33-31-69(58,4)5)38-50(74-43-73(12,44-74)45-74)39-57(67)48-25-29-59-61(37-48)72(10,11)34-32-70(59,6)7/h13-30,35-42H,31-34,43-45H2,1-12H3/i4D3,5D3,6D3,7D3,8D3,9D3,10D3,11D3,24D,25D,28D,29D,31D2,32D2,33D2,34D2,36D,37D. The summed E-state index contributed by atoms with van der Waals surface area (Å²) in [5.74, 6) is 1.04. The van der Waals surface area contributed by atoms with Crippen LogP contribution in [0.1, 0.15) is 213 Å². The molecule has 0 unspecified atom stereocenters. The average molecular weight is 1080 g/mol. The first-order chi connectivity index (χ1) is 53.1. The normalized spacial score (nSPS) is 32.2. The molecule has 79 heavy (non-hydrogen) atoms. The van der Waals surface area contributed by atoms with Crippen LogP contribution in [0, 0.1) is 11.7 Å². The van der Waals surface area contributed by atoms with Gasteiger partial charge in [-0.15, -0.1) is 0 Å². The molecule has 0 spiro atoms. The van der Waals surface area contributed by atoms with Crippen molar-refractivity contribution in [2.45, 2.75) is 160 Å². The number of nitrogens with zero attached hydrogens (tertiary/aromatic N) is 4. The molecule has 7 aromatic carbocycles. The zero-order chi connectivity index (χ0) is 87.2. The summed E-state index contributed by atoms with van der Waals surface area (Å²) in [6.07, 6.45) is -13.8. The maximum atomic E-state index is 10.7. The van der Waals surface area contributed by atoms with Crippen molar-refractivity contribution in [1.82, 2.24) is 14.1 Å². The van der Waals surface area contributed by atoms with Crippen molar-refractivity contribution in [3.05, 3.63) is 197 Å². The van der Waals surface area contributed by atoms with E-state index in [0.717, 1.165) is 26.4 Å². The van der Waals surface area contributed by atoms with E-state index in [4.69, 9.17) is 26.2 Å². The van der Waals surface area contributed by atoms with Crippen LogP contribution in [0.25, 0.3) is 72.3 Å². The molecule has 5 aliphatic rings. The van der Waals surface area contributed by atoms with E-state index in [1.54, 1.807) is 36.5 Å². The number of imidazole rings is 1. The van der Waals surface area contributed by atoms with Crippen molar-refractivity contribution in [3.63, 3.8) is 0 Å². The number of aromatic nitrogens is 4. The van der Waals surface area contributed by atoms with Crippen LogP contribution < -0.4 is 9.30 Å². The van der Waals surface area contributed by atoms with Crippen LogP contribution in [0.2, 0.25) is 0 Å². The Hall–Kier alpha value is -7.24. The number of ether oxygens (including phenoxy) is 1. The van der Waals surface area contributed by atoms with Crippen LogP contribution in [0.4, 0.5) is 0 Å². The van der Waals surface area contributed by atoms with Gasteiger partial charge < -0.3 is 4.74 Å². The molecule has 5 nitrogen and oxygen atoms in total. The topological polar surface area (TPSA) is 35.9 Å². The summed E-state index contributed by atoms with van der Waals surface area (Å²) in [7, 11) is 0. The third-order valence-corrected chi connectivity index (χ3v) is 16.1. The van der Waals surface area contributed by atoms with Gasteiger partial charge in [0, 0.05) is 66.9 Å². The highest BCUT2D eigenvalue weighted by Crippen LogP contribution is 2.73. The number of fused-ring (bicyclic) bond motifs is 6. The van der Waals surface area contributed by atoms with E-state index in [-0.39, 0.29) is 52.7 Å². The Morgan fingerprint density at radius 3 is 1.81 bits per heavy atom. The third kappa shape index (κ3) is 7.90. The molecule has 15 rings (SSSR count). The molecule has 5 heteroatoms. The van der Waals surface area contributed by atoms with Crippen molar-refractivity contribution >= 4 is 32.8 Å². The van der Waals surface area contributed by atoms with Crippen molar-refractivity contribution in [2.24, 2.45) is 5.41 Å². The van der Waals surface area contributed by atoms with Crippen molar-refractivity contribution in [2.75, 3.05) is 0 Å². The van der Waals surface area contributed by atoms with E-state index >= 15 is 0 Å². The number of hydrogen-bond acceptors (Lipinski definition) is 2. The fourth-order valence-corrected chi connectivity index (χ4v) is 12.5. The predicted octanol–water partition coefficient (Wildman–Crippen LogP) is 18.8. The van der Waals surface area contributed by atoms with Gasteiger partial charge in [0.15, 0.2) is 0 Å². The molecular weight excluding hydrogens is 961 g/mol. The maximum Gasteiger partial charge on any atom is 0.269 e. The lowest BCUT2D eigenvalue weighted by atomic mass is 9.34. The van der Waals surface area contributed by atoms with Gasteiger partial charge in [0.2, 0.25) is 0 Å². The van der Waals surface area contributed by atoms with Gasteiger partial charge in [0.1, 0.15) is 17.3 Å². The van der Waals surface area contributed by atoms with E-state index in [2.05, 4.69) is 27.1 Å². The molecule has 398 valence electrons. The minimum atomic E-state index is -4.85. The van der Waals surface area contributed by atoms with Gasteiger partial charge in [-0.25, -0.2) is 4.98 Å². The van der Waals surface area contributed by atoms with E-state index < -0.39 is 199 Å². The Labute approximate surface area is 521 Å². The van der Waals surface area contributed by atoms with Gasteiger partial charge in [-0.3, -0.25) is 13.7 Å². The third-order valence-electron chi connectivity index (χ3n) is 16.1. The maximum absolute atomic E-state index is 10.7. The largest absolute Gasteiger partial charge is 0.458 e. The average Bonchev–Trinajstić information content (AvgIpc) is 0.838. The first-order valence-electron chi connectivity index (χ1n) is 44.8. The molecule has 0 amide bonds. The van der Waals surface area contributed by atoms with Gasteiger partial charge in [-0.2, -0.15) is 0 Å². The number of rotatable bonds is 8. The monoisotopic (exact) mass is 1070 g/mol. The summed E-state index contributed by atoms with van der Waals surface area (Å²) in [6, 6.07) is 21.3. The molecule has 0 aliphatic heterocycles. The van der Waals surface area contributed by atoms with Crippen LogP contribution in [0.15, 0.2) is 158 Å². The predicted molar refractivity (Wildman–Crippen MR) is 326 cm³/mol. The number of pyridine rings is 1. The summed E-state index contributed by atoms with van der Waals surface area (Å²) in [6.45, 7) is -28.3. The molecule has 3 aromatic heterocycles. The van der Waals surface area contributed by atoms with Crippen molar-refractivity contribution in [3.8, 4) is 50.9 Å². The van der Waals surface area contributed by atoms with Crippen LogP contribution in [0.3, 0.4) is 0 Å². The van der Waals surface area contributed by atoms with Crippen LogP contribution >= 0.6 is 0 Å². The molecule has 0 N–H and O–H groups in total. The highest BCUT2D eigenvalue weighted by molar-refractivity contribution is 6.09. The molecule has 3 saturated carbocycles. The minimum absolute atomic E-state index is 0.0405. The summed E-state index contributed by atoms with van der Waals surface area (Å²) in [4.78, 5) is 4.79. The highest BCUT2D eigenvalue weighted by atomic mass is 16.5. The Morgan fingerprint density at radius 1 is 0.608 bits per heavy atom. The van der Waals surface area contributed by atoms with Gasteiger partial charge in [-0.1, -0.05) is 179 Å². The van der Waals surface area contributed by atoms with Gasteiger partial charge in [0.05, 0.1) is 41.7 Å². The van der Waals surface area contributed by atoms with Crippen LogP contribution in [0.5, 0.6) is 11.5 Å². The Kier molecular flexibility index (Phi) is 5.10. The molecule has 0 saturated heterocycles. The van der Waals surface area contributed by atoms with Crippen molar-refractivity contribution in [1.29, 1.82) is 0 Å². The Morgan fingerprint density at radius 2 is 1.19 bits per heavy atom. The van der Waals surface area contributed by atoms with Gasteiger partial charge in [0.25, 0.3) is 6.33 Å². The Balaban J connectivity index is 1.17. The summed E-state index contributed by atoms with van der Waals surface area (Å²) >= 11 is 0. The van der Waals surface area contributed by atoms with Crippen LogP contribution in [-0.2, 0) is 32.5 Å². The lowest BCUT2D eigenvalue weighted by Crippen LogP contribution is -2.62. The minimum Gasteiger partial charge on any atom is -0.458 e. The molecule has 10 aromatic rings. The first kappa shape index (κ1) is 23.8. The molecule has 3 heterocycles. The smallest absolute Gasteiger partial charge is 0.269 e. The second-order valence-electron chi connectivity index (χ2n) is 23.1. The lowest BCUT2D eigenvalue weighted by molar-refractivity contribution is -0.571.